The topological polar surface area (TPSA) is 64.3 Å². The van der Waals surface area contributed by atoms with Gasteiger partial charge in [0.05, 0.1) is 5.56 Å². The highest BCUT2D eigenvalue weighted by Crippen LogP contribution is 2.23. The second-order valence-corrected chi connectivity index (χ2v) is 5.39. The Morgan fingerprint density at radius 3 is 2.22 bits per heavy atom. The molecule has 4 heteroatoms. The number of Topliss-reactive ketones (excluding diaryl/α,β-unsaturated/α-hetero) is 1. The fourth-order valence-corrected chi connectivity index (χ4v) is 2.55. The van der Waals surface area contributed by atoms with E-state index in [2.05, 4.69) is 0 Å². The van der Waals surface area contributed by atoms with E-state index in [1.165, 1.54) is 6.92 Å². The van der Waals surface area contributed by atoms with E-state index in [4.69, 9.17) is 4.42 Å². The third-order valence-corrected chi connectivity index (χ3v) is 3.71. The van der Waals surface area contributed by atoms with Crippen LogP contribution in [-0.2, 0) is 0 Å². The van der Waals surface area contributed by atoms with Gasteiger partial charge in [-0.3, -0.25) is 9.59 Å². The van der Waals surface area contributed by atoms with Crippen molar-refractivity contribution < 1.29 is 14.0 Å². The average Bonchev–Trinajstić information content (AvgIpc) is 2.53. The predicted molar refractivity (Wildman–Crippen MR) is 87.1 cm³/mol. The van der Waals surface area contributed by atoms with Gasteiger partial charge in [-0.1, -0.05) is 48.0 Å². The van der Waals surface area contributed by atoms with Gasteiger partial charge in [-0.05, 0) is 19.9 Å². The largest absolute Gasteiger partial charge is 0.422 e. The normalized spacial score (nSPS) is 10.7. The van der Waals surface area contributed by atoms with Gasteiger partial charge in [0.2, 0.25) is 0 Å². The maximum Gasteiger partial charge on any atom is 0.347 e. The molecule has 3 rings (SSSR count). The zero-order chi connectivity index (χ0) is 16.6. The van der Waals surface area contributed by atoms with Crippen LogP contribution in [-0.4, -0.2) is 11.6 Å². The molecule has 0 unspecified atom stereocenters. The second kappa shape index (κ2) is 5.65. The van der Waals surface area contributed by atoms with E-state index >= 15 is 0 Å². The van der Waals surface area contributed by atoms with Crippen molar-refractivity contribution in [3.05, 3.63) is 81.2 Å². The molecule has 0 spiro atoms. The van der Waals surface area contributed by atoms with Gasteiger partial charge in [0.15, 0.2) is 11.6 Å². The summed E-state index contributed by atoms with van der Waals surface area (Å²) in [5, 5.41) is 0.461. The summed E-state index contributed by atoms with van der Waals surface area (Å²) in [6, 6.07) is 13.7. The number of rotatable bonds is 3. The molecule has 0 aliphatic heterocycles. The molecule has 3 aromatic rings. The van der Waals surface area contributed by atoms with Crippen LogP contribution in [0.3, 0.4) is 0 Å². The zero-order valence-corrected chi connectivity index (χ0v) is 12.8. The lowest BCUT2D eigenvalue weighted by molar-refractivity contribution is 0.0987. The summed E-state index contributed by atoms with van der Waals surface area (Å²) in [6.45, 7) is 3.18. The molecule has 4 nitrogen and oxygen atoms in total. The molecule has 0 aliphatic rings. The molecule has 0 N–H and O–H groups in total. The summed E-state index contributed by atoms with van der Waals surface area (Å²) in [5.41, 5.74) is 0.853. The lowest BCUT2D eigenvalue weighted by Gasteiger charge is -2.09. The van der Waals surface area contributed by atoms with Gasteiger partial charge in [0.25, 0.3) is 0 Å². The number of hydrogen-bond acceptors (Lipinski definition) is 4. The summed E-state index contributed by atoms with van der Waals surface area (Å²) in [6.07, 6.45) is 0. The Hall–Kier alpha value is -3.01. The highest BCUT2D eigenvalue weighted by atomic mass is 16.4. The molecule has 0 fully saturated rings. The van der Waals surface area contributed by atoms with E-state index < -0.39 is 11.4 Å². The summed E-state index contributed by atoms with van der Waals surface area (Å²) < 4.78 is 5.17. The van der Waals surface area contributed by atoms with E-state index in [-0.39, 0.29) is 22.5 Å². The lowest BCUT2D eigenvalue weighted by Crippen LogP contribution is -2.19. The lowest BCUT2D eigenvalue weighted by atomic mass is 9.94. The van der Waals surface area contributed by atoms with Crippen LogP contribution >= 0.6 is 0 Å². The van der Waals surface area contributed by atoms with E-state index in [9.17, 15) is 14.4 Å². The minimum atomic E-state index is -0.785. The van der Waals surface area contributed by atoms with Gasteiger partial charge in [-0.25, -0.2) is 4.79 Å². The quantitative estimate of drug-likeness (QED) is 0.548. The molecule has 0 radical (unpaired) electrons. The van der Waals surface area contributed by atoms with Crippen molar-refractivity contribution in [2.75, 3.05) is 0 Å². The fourth-order valence-electron chi connectivity index (χ4n) is 2.55. The van der Waals surface area contributed by atoms with Crippen LogP contribution in [0.25, 0.3) is 11.0 Å². The molecule has 2 aromatic carbocycles. The second-order valence-electron chi connectivity index (χ2n) is 5.39. The number of ketones is 2. The monoisotopic (exact) mass is 306 g/mol. The molecule has 1 aromatic heterocycles. The third kappa shape index (κ3) is 2.59. The van der Waals surface area contributed by atoms with Gasteiger partial charge in [-0.2, -0.15) is 0 Å². The number of fused-ring (bicyclic) bond motifs is 1. The fraction of sp³-hybridized carbons (Fsp3) is 0.105. The Balaban J connectivity index is 2.36. The minimum Gasteiger partial charge on any atom is -0.422 e. The highest BCUT2D eigenvalue weighted by Gasteiger charge is 2.24. The van der Waals surface area contributed by atoms with E-state index in [0.717, 1.165) is 5.56 Å². The number of carbonyl (C=O) groups excluding carboxylic acids is 2. The number of carbonyl (C=O) groups is 2. The molecule has 1 heterocycles. The molecule has 114 valence electrons. The first kappa shape index (κ1) is 14.9. The zero-order valence-electron chi connectivity index (χ0n) is 12.8. The van der Waals surface area contributed by atoms with E-state index in [1.807, 2.05) is 19.1 Å². The SMILES string of the molecule is CC(=O)c1c(C(=O)c2ccc(C)cc2)c2ccccc2oc1=O. The van der Waals surface area contributed by atoms with Crippen LogP contribution < -0.4 is 5.63 Å². The first-order chi connectivity index (χ1) is 11.0. The molecule has 0 amide bonds. The summed E-state index contributed by atoms with van der Waals surface area (Å²) >= 11 is 0. The summed E-state index contributed by atoms with van der Waals surface area (Å²) in [5.74, 6) is -0.848. The molecular weight excluding hydrogens is 292 g/mol. The van der Waals surface area contributed by atoms with Crippen LogP contribution in [0.2, 0.25) is 0 Å². The van der Waals surface area contributed by atoms with Gasteiger partial charge < -0.3 is 4.42 Å². The number of hydrogen-bond donors (Lipinski definition) is 0. The molecular formula is C19H14O4. The Bertz CT molecular complexity index is 978. The van der Waals surface area contributed by atoms with Gasteiger partial charge in [0, 0.05) is 10.9 Å². The van der Waals surface area contributed by atoms with Crippen molar-refractivity contribution in [1.29, 1.82) is 0 Å². The first-order valence-electron chi connectivity index (χ1n) is 7.17. The van der Waals surface area contributed by atoms with E-state index in [1.54, 1.807) is 36.4 Å². The Morgan fingerprint density at radius 1 is 0.913 bits per heavy atom. The molecule has 0 saturated carbocycles. The number of aryl methyl sites for hydroxylation is 1. The van der Waals surface area contributed by atoms with Crippen molar-refractivity contribution >= 4 is 22.5 Å². The van der Waals surface area contributed by atoms with Crippen LogP contribution in [0.5, 0.6) is 0 Å². The van der Waals surface area contributed by atoms with Gasteiger partial charge >= 0.3 is 5.63 Å². The molecule has 0 saturated heterocycles. The van der Waals surface area contributed by atoms with E-state index in [0.29, 0.717) is 10.9 Å². The summed E-state index contributed by atoms with van der Waals surface area (Å²) in [4.78, 5) is 37.0. The molecule has 0 bridgehead atoms. The Kier molecular flexibility index (Phi) is 3.66. The van der Waals surface area contributed by atoms with Crippen LogP contribution in [0.1, 0.15) is 38.8 Å². The third-order valence-electron chi connectivity index (χ3n) is 3.71. The summed E-state index contributed by atoms with van der Waals surface area (Å²) in [7, 11) is 0. The van der Waals surface area contributed by atoms with Crippen molar-refractivity contribution in [1.82, 2.24) is 0 Å². The molecule has 0 atom stereocenters. The highest BCUT2D eigenvalue weighted by molar-refractivity contribution is 6.21. The van der Waals surface area contributed by atoms with Crippen LogP contribution in [0.15, 0.2) is 57.7 Å². The standard InChI is InChI=1S/C19H14O4/c1-11-7-9-13(10-8-11)18(21)17-14-5-3-4-6-15(14)23-19(22)16(17)12(2)20/h3-10H,1-2H3. The van der Waals surface area contributed by atoms with Crippen molar-refractivity contribution in [2.45, 2.75) is 13.8 Å². The van der Waals surface area contributed by atoms with Gasteiger partial charge in [-0.15, -0.1) is 0 Å². The molecule has 23 heavy (non-hydrogen) atoms. The predicted octanol–water partition coefficient (Wildman–Crippen LogP) is 3.54. The van der Waals surface area contributed by atoms with Crippen molar-refractivity contribution in [2.24, 2.45) is 0 Å². The maximum atomic E-state index is 12.9. The molecule has 0 aliphatic carbocycles. The van der Waals surface area contributed by atoms with Crippen LogP contribution in [0, 0.1) is 6.92 Å². The first-order valence-corrected chi connectivity index (χ1v) is 7.17. The van der Waals surface area contributed by atoms with Gasteiger partial charge in [0.1, 0.15) is 11.1 Å². The Labute approximate surface area is 132 Å². The van der Waals surface area contributed by atoms with Crippen LogP contribution in [0.4, 0.5) is 0 Å². The Morgan fingerprint density at radius 2 is 1.57 bits per heavy atom. The number of benzene rings is 2. The minimum absolute atomic E-state index is 0.105. The smallest absolute Gasteiger partial charge is 0.347 e. The average molecular weight is 306 g/mol. The van der Waals surface area contributed by atoms with Crippen molar-refractivity contribution in [3.8, 4) is 0 Å². The number of para-hydroxylation sites is 1. The van der Waals surface area contributed by atoms with Crippen molar-refractivity contribution in [3.63, 3.8) is 0 Å². The maximum absolute atomic E-state index is 12.9.